The first-order valence-corrected chi connectivity index (χ1v) is 9.93. The zero-order valence-corrected chi connectivity index (χ0v) is 17.0. The second-order valence-electron chi connectivity index (χ2n) is 7.64. The number of phenolic OH excluding ortho intramolecular Hbond substituents is 1. The molecule has 1 heterocycles. The smallest absolute Gasteiger partial charge is 0.322 e. The average molecular weight is 421 g/mol. The molecule has 0 saturated carbocycles. The highest BCUT2D eigenvalue weighted by molar-refractivity contribution is 5.89. The number of phenols is 1. The number of urea groups is 1. The van der Waals surface area contributed by atoms with Gasteiger partial charge in [-0.1, -0.05) is 12.1 Å². The van der Waals surface area contributed by atoms with Gasteiger partial charge < -0.3 is 15.3 Å². The fraction of sp³-hybridized carbons (Fsp3) is 0.409. The Morgan fingerprint density at radius 3 is 2.60 bits per heavy atom. The van der Waals surface area contributed by atoms with Crippen LogP contribution in [0.4, 0.5) is 23.7 Å². The van der Waals surface area contributed by atoms with Gasteiger partial charge in [-0.25, -0.2) is 18.0 Å². The van der Waals surface area contributed by atoms with E-state index >= 15 is 0 Å². The van der Waals surface area contributed by atoms with Crippen molar-refractivity contribution < 1.29 is 23.1 Å². The molecule has 1 fully saturated rings. The normalized spacial score (nSPS) is 17.2. The van der Waals surface area contributed by atoms with E-state index in [1.165, 1.54) is 6.07 Å². The average Bonchev–Trinajstić information content (AvgIpc) is 3.13. The number of carbonyl (C=O) groups excluding carboxylic acids is 1. The van der Waals surface area contributed by atoms with Crippen LogP contribution in [0.25, 0.3) is 0 Å². The van der Waals surface area contributed by atoms with Gasteiger partial charge in [0.15, 0.2) is 0 Å². The summed E-state index contributed by atoms with van der Waals surface area (Å²) < 4.78 is 40.8. The molecule has 0 aromatic heterocycles. The van der Waals surface area contributed by atoms with Crippen LogP contribution in [0.2, 0.25) is 0 Å². The molecule has 1 saturated heterocycles. The van der Waals surface area contributed by atoms with E-state index < -0.39 is 23.3 Å². The molecule has 3 rings (SSSR count). The van der Waals surface area contributed by atoms with Crippen molar-refractivity contribution >= 4 is 11.7 Å². The Morgan fingerprint density at radius 1 is 1.27 bits per heavy atom. The number of amides is 2. The number of rotatable bonds is 6. The summed E-state index contributed by atoms with van der Waals surface area (Å²) in [6.45, 7) is 5.15. The number of hydrogen-bond donors (Lipinski definition) is 2. The van der Waals surface area contributed by atoms with Gasteiger partial charge >= 0.3 is 6.03 Å². The number of alkyl halides is 2. The first kappa shape index (κ1) is 22.0. The third-order valence-corrected chi connectivity index (χ3v) is 5.32. The molecule has 0 radical (unpaired) electrons. The number of nitrogens with one attached hydrogen (secondary N) is 1. The Labute approximate surface area is 174 Å². The minimum Gasteiger partial charge on any atom is -0.508 e. The fourth-order valence-electron chi connectivity index (χ4n) is 3.77. The van der Waals surface area contributed by atoms with Crippen LogP contribution in [-0.2, 0) is 12.5 Å². The summed E-state index contributed by atoms with van der Waals surface area (Å²) in [5.74, 6) is -4.12. The monoisotopic (exact) mass is 421 g/mol. The van der Waals surface area contributed by atoms with Gasteiger partial charge in [-0.3, -0.25) is 4.90 Å². The molecule has 5 nitrogen and oxygen atoms in total. The molecule has 2 amide bonds. The van der Waals surface area contributed by atoms with E-state index in [9.17, 15) is 23.1 Å². The van der Waals surface area contributed by atoms with Gasteiger partial charge in [0.1, 0.15) is 11.6 Å². The number of nitrogens with zero attached hydrogens (tertiary/aromatic N) is 2. The number of halogens is 3. The minimum absolute atomic E-state index is 0.0142. The van der Waals surface area contributed by atoms with Crippen LogP contribution >= 0.6 is 0 Å². The van der Waals surface area contributed by atoms with Crippen molar-refractivity contribution in [1.29, 1.82) is 0 Å². The van der Waals surface area contributed by atoms with Crippen molar-refractivity contribution in [2.75, 3.05) is 25.0 Å². The molecule has 0 bridgehead atoms. The first-order valence-electron chi connectivity index (χ1n) is 9.93. The summed E-state index contributed by atoms with van der Waals surface area (Å²) in [5, 5.41) is 12.0. The molecular weight excluding hydrogens is 395 g/mol. The summed E-state index contributed by atoms with van der Waals surface area (Å²) >= 11 is 0. The van der Waals surface area contributed by atoms with E-state index in [0.717, 1.165) is 30.7 Å². The van der Waals surface area contributed by atoms with E-state index in [1.54, 1.807) is 17.0 Å². The summed E-state index contributed by atoms with van der Waals surface area (Å²) in [4.78, 5) is 16.7. The molecular formula is C22H26F3N3O2. The maximum Gasteiger partial charge on any atom is 0.322 e. The third kappa shape index (κ3) is 5.24. The molecule has 162 valence electrons. The number of anilines is 1. The summed E-state index contributed by atoms with van der Waals surface area (Å²) in [6.07, 6.45) is 0.793. The van der Waals surface area contributed by atoms with Gasteiger partial charge in [0, 0.05) is 44.8 Å². The highest BCUT2D eigenvalue weighted by atomic mass is 19.3. The largest absolute Gasteiger partial charge is 0.508 e. The number of aromatic hydroxyl groups is 1. The molecule has 2 N–H and O–H groups in total. The minimum atomic E-state index is -3.34. The van der Waals surface area contributed by atoms with Gasteiger partial charge in [-0.15, -0.1) is 0 Å². The highest BCUT2D eigenvalue weighted by Crippen LogP contribution is 2.31. The first-order chi connectivity index (χ1) is 14.2. The van der Waals surface area contributed by atoms with E-state index in [0.29, 0.717) is 26.6 Å². The quantitative estimate of drug-likeness (QED) is 0.706. The van der Waals surface area contributed by atoms with E-state index in [2.05, 4.69) is 10.2 Å². The van der Waals surface area contributed by atoms with Gasteiger partial charge in [0.25, 0.3) is 5.92 Å². The molecule has 1 atom stereocenters. The predicted octanol–water partition coefficient (Wildman–Crippen LogP) is 4.77. The molecule has 1 aliphatic heterocycles. The molecule has 1 aliphatic rings. The Hall–Kier alpha value is -2.74. The number of hydrogen-bond acceptors (Lipinski definition) is 3. The molecule has 2 aromatic carbocycles. The molecule has 30 heavy (non-hydrogen) atoms. The van der Waals surface area contributed by atoms with Crippen molar-refractivity contribution in [3.63, 3.8) is 0 Å². The van der Waals surface area contributed by atoms with Gasteiger partial charge in [-0.2, -0.15) is 0 Å². The lowest BCUT2D eigenvalue weighted by molar-refractivity contribution is 0.0138. The predicted molar refractivity (Wildman–Crippen MR) is 109 cm³/mol. The van der Waals surface area contributed by atoms with Crippen LogP contribution < -0.4 is 5.32 Å². The SMILES string of the molecule is CCN(C(=O)Nc1ccc(F)c(C(C)(F)F)c1)C1CCN(Cc2ccc(O)cc2)C1. The molecule has 8 heteroatoms. The molecule has 1 unspecified atom stereocenters. The summed E-state index contributed by atoms with van der Waals surface area (Å²) in [7, 11) is 0. The zero-order valence-electron chi connectivity index (χ0n) is 17.0. The maximum atomic E-state index is 13.7. The fourth-order valence-corrected chi connectivity index (χ4v) is 3.77. The lowest BCUT2D eigenvalue weighted by Gasteiger charge is -2.28. The van der Waals surface area contributed by atoms with Gasteiger partial charge in [-0.05, 0) is 49.2 Å². The van der Waals surface area contributed by atoms with Crippen LogP contribution in [0.1, 0.15) is 31.4 Å². The van der Waals surface area contributed by atoms with Crippen molar-refractivity contribution in [1.82, 2.24) is 9.80 Å². The lowest BCUT2D eigenvalue weighted by atomic mass is 10.1. The van der Waals surface area contributed by atoms with E-state index in [-0.39, 0.29) is 17.5 Å². The van der Waals surface area contributed by atoms with Crippen LogP contribution in [0, 0.1) is 5.82 Å². The Kier molecular flexibility index (Phi) is 6.55. The van der Waals surface area contributed by atoms with Crippen molar-refractivity contribution in [2.24, 2.45) is 0 Å². The van der Waals surface area contributed by atoms with E-state index in [1.807, 2.05) is 19.1 Å². The topological polar surface area (TPSA) is 55.8 Å². The van der Waals surface area contributed by atoms with Gasteiger partial charge in [0.2, 0.25) is 0 Å². The Balaban J connectivity index is 1.63. The maximum absolute atomic E-state index is 13.7. The second-order valence-corrected chi connectivity index (χ2v) is 7.64. The number of likely N-dealkylation sites (tertiary alicyclic amines) is 1. The van der Waals surface area contributed by atoms with Crippen LogP contribution in [-0.4, -0.2) is 46.6 Å². The van der Waals surface area contributed by atoms with Gasteiger partial charge in [0.05, 0.1) is 5.56 Å². The second kappa shape index (κ2) is 8.95. The number of likely N-dealkylation sites (N-methyl/N-ethyl adjacent to an activating group) is 1. The van der Waals surface area contributed by atoms with Crippen LogP contribution in [0.5, 0.6) is 5.75 Å². The third-order valence-electron chi connectivity index (χ3n) is 5.32. The lowest BCUT2D eigenvalue weighted by Crippen LogP contribution is -2.44. The molecule has 2 aromatic rings. The van der Waals surface area contributed by atoms with Crippen molar-refractivity contribution in [2.45, 2.75) is 38.8 Å². The number of benzene rings is 2. The van der Waals surface area contributed by atoms with Crippen molar-refractivity contribution in [3.05, 3.63) is 59.4 Å². The summed E-state index contributed by atoms with van der Waals surface area (Å²) in [6, 6.07) is 9.80. The van der Waals surface area contributed by atoms with Crippen LogP contribution in [0.3, 0.4) is 0 Å². The molecule has 0 spiro atoms. The number of carbonyl (C=O) groups is 1. The summed E-state index contributed by atoms with van der Waals surface area (Å²) in [5.41, 5.74) is 0.458. The van der Waals surface area contributed by atoms with Crippen molar-refractivity contribution in [3.8, 4) is 5.75 Å². The zero-order chi connectivity index (χ0) is 21.9. The molecule has 0 aliphatic carbocycles. The van der Waals surface area contributed by atoms with E-state index in [4.69, 9.17) is 0 Å². The van der Waals surface area contributed by atoms with Crippen LogP contribution in [0.15, 0.2) is 42.5 Å². The standard InChI is InChI=1S/C22H26F3N3O2/c1-3-28(17-10-11-27(14-17)13-15-4-7-18(29)8-5-15)21(30)26-16-6-9-20(23)19(12-16)22(2,24)25/h4-9,12,17,29H,3,10-11,13-14H2,1-2H3,(H,26,30). The Bertz CT molecular complexity index is 884. The Morgan fingerprint density at radius 2 is 1.97 bits per heavy atom. The highest BCUT2D eigenvalue weighted by Gasteiger charge is 2.31.